The zero-order valence-electron chi connectivity index (χ0n) is 14.8. The Kier molecular flexibility index (Phi) is 4.60. The number of amides is 1. The smallest absolute Gasteiger partial charge is 0.270 e. The van der Waals surface area contributed by atoms with Gasteiger partial charge in [-0.1, -0.05) is 6.08 Å². The first-order valence-corrected chi connectivity index (χ1v) is 8.76. The van der Waals surface area contributed by atoms with Gasteiger partial charge in [-0.3, -0.25) is 9.48 Å². The number of aryl methyl sites for hydroxylation is 2. The number of fused-ring (bicyclic) bond motifs is 1. The van der Waals surface area contributed by atoms with Gasteiger partial charge in [-0.15, -0.1) is 6.58 Å². The van der Waals surface area contributed by atoms with E-state index in [2.05, 4.69) is 27.6 Å². The average molecular weight is 405 g/mol. The zero-order chi connectivity index (χ0) is 18.3. The fourth-order valence-electron chi connectivity index (χ4n) is 3.07. The Morgan fingerprint density at radius 2 is 2.16 bits per heavy atom. The number of hydrogen-bond donors (Lipinski definition) is 0. The third-order valence-electron chi connectivity index (χ3n) is 4.49. The number of allylic oxidation sites excluding steroid dienone is 1. The summed E-state index contributed by atoms with van der Waals surface area (Å²) in [5.41, 5.74) is 5.22. The Morgan fingerprint density at radius 3 is 2.76 bits per heavy atom. The Bertz CT molecular complexity index is 964. The van der Waals surface area contributed by atoms with Crippen molar-refractivity contribution in [3.05, 3.63) is 52.1 Å². The number of hydrogen-bond acceptors (Lipinski definition) is 3. The van der Waals surface area contributed by atoms with Gasteiger partial charge in [0.1, 0.15) is 5.69 Å². The van der Waals surface area contributed by atoms with Crippen molar-refractivity contribution < 1.29 is 9.21 Å². The van der Waals surface area contributed by atoms with E-state index in [9.17, 15) is 4.79 Å². The lowest BCUT2D eigenvalue weighted by atomic mass is 10.2. The molecule has 0 saturated heterocycles. The van der Waals surface area contributed by atoms with Gasteiger partial charge in [-0.25, -0.2) is 0 Å². The number of halogens is 1. The highest BCUT2D eigenvalue weighted by molar-refractivity contribution is 9.10. The van der Waals surface area contributed by atoms with E-state index in [4.69, 9.17) is 4.42 Å². The van der Waals surface area contributed by atoms with Crippen LogP contribution in [0.2, 0.25) is 0 Å². The molecule has 0 unspecified atom stereocenters. The summed E-state index contributed by atoms with van der Waals surface area (Å²) in [4.78, 5) is 14.7. The number of nitrogens with zero attached hydrogens (tertiary/aromatic N) is 4. The van der Waals surface area contributed by atoms with Crippen molar-refractivity contribution in [1.29, 1.82) is 0 Å². The van der Waals surface area contributed by atoms with Crippen LogP contribution in [0.3, 0.4) is 0 Å². The van der Waals surface area contributed by atoms with Crippen LogP contribution in [0.25, 0.3) is 11.1 Å². The summed E-state index contributed by atoms with van der Waals surface area (Å²) in [6.45, 7) is 8.81. The van der Waals surface area contributed by atoms with Crippen molar-refractivity contribution in [1.82, 2.24) is 19.2 Å². The molecular weight excluding hydrogens is 384 g/mol. The molecule has 3 aromatic heterocycles. The molecule has 0 aromatic carbocycles. The van der Waals surface area contributed by atoms with Gasteiger partial charge in [-0.05, 0) is 29.8 Å². The second-order valence-corrected chi connectivity index (χ2v) is 6.94. The van der Waals surface area contributed by atoms with E-state index in [1.807, 2.05) is 36.2 Å². The molecule has 3 heterocycles. The van der Waals surface area contributed by atoms with Gasteiger partial charge in [-0.2, -0.15) is 5.10 Å². The molecule has 0 bridgehead atoms. The van der Waals surface area contributed by atoms with Gasteiger partial charge < -0.3 is 13.9 Å². The first-order valence-electron chi connectivity index (χ1n) is 7.97. The molecule has 0 N–H and O–H groups in total. The minimum Gasteiger partial charge on any atom is -0.448 e. The number of rotatable bonds is 5. The van der Waals surface area contributed by atoms with Crippen LogP contribution in [0.1, 0.15) is 27.4 Å². The number of furan rings is 1. The predicted octanol–water partition coefficient (Wildman–Crippen LogP) is 3.81. The molecule has 0 spiro atoms. The summed E-state index contributed by atoms with van der Waals surface area (Å²) in [6.07, 6.45) is 1.77. The fraction of sp³-hybridized carbons (Fsp3) is 0.333. The van der Waals surface area contributed by atoms with E-state index in [0.29, 0.717) is 29.0 Å². The first kappa shape index (κ1) is 17.5. The Balaban J connectivity index is 1.94. The largest absolute Gasteiger partial charge is 0.448 e. The van der Waals surface area contributed by atoms with Gasteiger partial charge in [0, 0.05) is 50.6 Å². The van der Waals surface area contributed by atoms with Crippen LogP contribution in [0, 0.1) is 13.8 Å². The summed E-state index contributed by atoms with van der Waals surface area (Å²) >= 11 is 3.33. The third kappa shape index (κ3) is 3.04. The summed E-state index contributed by atoms with van der Waals surface area (Å²) < 4.78 is 10.0. The van der Waals surface area contributed by atoms with E-state index in [1.165, 1.54) is 0 Å². The van der Waals surface area contributed by atoms with E-state index in [-0.39, 0.29) is 5.91 Å². The lowest BCUT2D eigenvalue weighted by molar-refractivity contribution is 0.0775. The molecule has 0 aliphatic carbocycles. The number of aromatic nitrogens is 3. The van der Waals surface area contributed by atoms with Crippen LogP contribution in [-0.4, -0.2) is 32.2 Å². The summed E-state index contributed by atoms with van der Waals surface area (Å²) in [5.74, 6) is -0.0629. The van der Waals surface area contributed by atoms with Crippen molar-refractivity contribution in [2.45, 2.75) is 26.9 Å². The molecule has 0 fully saturated rings. The number of carbonyl (C=O) groups excluding carboxylic acids is 1. The summed E-state index contributed by atoms with van der Waals surface area (Å²) in [7, 11) is 3.71. The van der Waals surface area contributed by atoms with Crippen LogP contribution in [-0.2, 0) is 20.1 Å². The van der Waals surface area contributed by atoms with Gasteiger partial charge in [0.15, 0.2) is 10.3 Å². The lowest BCUT2D eigenvalue weighted by Crippen LogP contribution is -2.28. The third-order valence-corrected chi connectivity index (χ3v) is 4.88. The molecule has 0 aliphatic heterocycles. The molecule has 1 amide bonds. The van der Waals surface area contributed by atoms with Crippen molar-refractivity contribution in [2.75, 3.05) is 7.05 Å². The second-order valence-electron chi connectivity index (χ2n) is 6.16. The molecule has 6 nitrogen and oxygen atoms in total. The SMILES string of the molecule is C=CCn1c(C(=O)N(C)Cc2c(C)nn(C)c2C)cc2oc(Br)cc21. The van der Waals surface area contributed by atoms with Gasteiger partial charge in [0.05, 0.1) is 11.2 Å². The highest BCUT2D eigenvalue weighted by atomic mass is 79.9. The summed E-state index contributed by atoms with van der Waals surface area (Å²) in [5, 5.41) is 4.42. The minimum atomic E-state index is -0.0629. The molecule has 132 valence electrons. The topological polar surface area (TPSA) is 56.2 Å². The van der Waals surface area contributed by atoms with Gasteiger partial charge in [0.25, 0.3) is 5.91 Å². The van der Waals surface area contributed by atoms with Crippen molar-refractivity contribution in [2.24, 2.45) is 7.05 Å². The predicted molar refractivity (Wildman–Crippen MR) is 101 cm³/mol. The Morgan fingerprint density at radius 1 is 1.44 bits per heavy atom. The van der Waals surface area contributed by atoms with E-state index in [0.717, 1.165) is 22.5 Å². The molecule has 0 saturated carbocycles. The average Bonchev–Trinajstić information content (AvgIpc) is 3.15. The maximum atomic E-state index is 13.0. The maximum absolute atomic E-state index is 13.0. The second kappa shape index (κ2) is 6.55. The van der Waals surface area contributed by atoms with E-state index in [1.54, 1.807) is 24.1 Å². The van der Waals surface area contributed by atoms with Crippen molar-refractivity contribution in [3.8, 4) is 0 Å². The van der Waals surface area contributed by atoms with Crippen LogP contribution < -0.4 is 0 Å². The van der Waals surface area contributed by atoms with Crippen LogP contribution in [0.5, 0.6) is 0 Å². The fourth-order valence-corrected chi connectivity index (χ4v) is 3.46. The highest BCUT2D eigenvalue weighted by Gasteiger charge is 2.22. The molecule has 3 aromatic rings. The maximum Gasteiger partial charge on any atom is 0.270 e. The molecule has 0 aliphatic rings. The van der Waals surface area contributed by atoms with Crippen LogP contribution >= 0.6 is 15.9 Å². The van der Waals surface area contributed by atoms with Gasteiger partial charge in [0.2, 0.25) is 0 Å². The van der Waals surface area contributed by atoms with Crippen molar-refractivity contribution >= 4 is 32.9 Å². The van der Waals surface area contributed by atoms with E-state index < -0.39 is 0 Å². The molecule has 7 heteroatoms. The quantitative estimate of drug-likeness (QED) is 0.607. The number of carbonyl (C=O) groups is 1. The monoisotopic (exact) mass is 404 g/mol. The lowest BCUT2D eigenvalue weighted by Gasteiger charge is -2.18. The van der Waals surface area contributed by atoms with Crippen LogP contribution in [0.4, 0.5) is 0 Å². The standard InChI is InChI=1S/C18H21BrN4O2/c1-6-7-23-14-9-17(19)25-16(14)8-15(23)18(24)21(4)10-13-11(2)20-22(5)12(13)3/h6,8-9H,1,7,10H2,2-5H3. The summed E-state index contributed by atoms with van der Waals surface area (Å²) in [6, 6.07) is 3.65. The van der Waals surface area contributed by atoms with E-state index >= 15 is 0 Å². The molecular formula is C18H21BrN4O2. The molecule has 0 radical (unpaired) electrons. The minimum absolute atomic E-state index is 0.0629. The van der Waals surface area contributed by atoms with Crippen LogP contribution in [0.15, 0.2) is 33.9 Å². The molecule has 3 rings (SSSR count). The van der Waals surface area contributed by atoms with Gasteiger partial charge >= 0.3 is 0 Å². The Labute approximate surface area is 154 Å². The molecule has 25 heavy (non-hydrogen) atoms. The zero-order valence-corrected chi connectivity index (χ0v) is 16.4. The normalized spacial score (nSPS) is 11.2. The molecule has 0 atom stereocenters. The Hall–Kier alpha value is -2.28. The first-order chi connectivity index (χ1) is 11.8. The highest BCUT2D eigenvalue weighted by Crippen LogP contribution is 2.28. The van der Waals surface area contributed by atoms with Crippen molar-refractivity contribution in [3.63, 3.8) is 0 Å².